The zero-order valence-corrected chi connectivity index (χ0v) is 14.6. The molecule has 0 saturated heterocycles. The molecule has 0 amide bonds. The summed E-state index contributed by atoms with van der Waals surface area (Å²) in [6.45, 7) is -0.460. The molecule has 2 aromatic carbocycles. The lowest BCUT2D eigenvalue weighted by Crippen LogP contribution is -2.86. The Bertz CT molecular complexity index is 875. The molecule has 2 aromatic rings. The van der Waals surface area contributed by atoms with E-state index in [1.54, 1.807) is 60.7 Å². The second-order valence-corrected chi connectivity index (χ2v) is 7.23. The van der Waals surface area contributed by atoms with Crippen LogP contribution in [0, 0.1) is 0 Å². The first-order valence-corrected chi connectivity index (χ1v) is 8.64. The predicted molar refractivity (Wildman–Crippen MR) is 92.6 cm³/mol. The van der Waals surface area contributed by atoms with Gasteiger partial charge in [-0.2, -0.15) is 17.6 Å². The quantitative estimate of drug-likeness (QED) is 0.447. The smallest absolute Gasteiger partial charge is 0.358 e. The lowest BCUT2D eigenvalue weighted by atomic mass is 9.64. The van der Waals surface area contributed by atoms with E-state index in [1.165, 1.54) is 0 Å². The van der Waals surface area contributed by atoms with Crippen molar-refractivity contribution in [1.82, 2.24) is 0 Å². The molecule has 0 aromatic heterocycles. The molecule has 1 spiro atoms. The standard InChI is InChI=1S/C20H14ClF5O/c21-18(22)17(19(23,24)20(18,25)26)11-15(13-7-3-1-4-8-13)16(12-27-17)14-9-5-2-6-10-14/h1-10H,11-12H2. The van der Waals surface area contributed by atoms with Gasteiger partial charge in [-0.15, -0.1) is 0 Å². The van der Waals surface area contributed by atoms with Crippen molar-refractivity contribution < 1.29 is 26.7 Å². The molecule has 7 heteroatoms. The van der Waals surface area contributed by atoms with Crippen LogP contribution in [-0.2, 0) is 4.74 Å². The van der Waals surface area contributed by atoms with Crippen molar-refractivity contribution in [3.63, 3.8) is 0 Å². The Morgan fingerprint density at radius 1 is 0.704 bits per heavy atom. The van der Waals surface area contributed by atoms with Crippen molar-refractivity contribution in [2.24, 2.45) is 0 Å². The Labute approximate surface area is 157 Å². The van der Waals surface area contributed by atoms with E-state index in [0.29, 0.717) is 22.3 Å². The summed E-state index contributed by atoms with van der Waals surface area (Å²) in [5.74, 6) is -9.76. The number of hydrogen-bond acceptors (Lipinski definition) is 1. The van der Waals surface area contributed by atoms with Crippen LogP contribution in [0.4, 0.5) is 22.0 Å². The highest BCUT2D eigenvalue weighted by atomic mass is 35.5. The lowest BCUT2D eigenvalue weighted by molar-refractivity contribution is -0.437. The van der Waals surface area contributed by atoms with E-state index in [4.69, 9.17) is 16.3 Å². The van der Waals surface area contributed by atoms with Crippen molar-refractivity contribution >= 4 is 22.7 Å². The fourth-order valence-electron chi connectivity index (χ4n) is 3.74. The van der Waals surface area contributed by atoms with E-state index in [2.05, 4.69) is 0 Å². The minimum absolute atomic E-state index is 0.311. The van der Waals surface area contributed by atoms with Crippen LogP contribution in [-0.4, -0.2) is 29.2 Å². The molecule has 1 heterocycles. The highest BCUT2D eigenvalue weighted by molar-refractivity contribution is 6.26. The SMILES string of the molecule is FC1(F)C(F)(F)C2(CC(c3ccccc3)=C(c3ccccc3)CO2)C1(F)Cl. The van der Waals surface area contributed by atoms with Gasteiger partial charge in [0.2, 0.25) is 0 Å². The first-order valence-electron chi connectivity index (χ1n) is 8.26. The maximum Gasteiger partial charge on any atom is 0.363 e. The topological polar surface area (TPSA) is 9.23 Å². The zero-order valence-electron chi connectivity index (χ0n) is 13.9. The van der Waals surface area contributed by atoms with E-state index in [9.17, 15) is 22.0 Å². The number of alkyl halides is 6. The number of ether oxygens (including phenoxy) is 1. The highest BCUT2D eigenvalue weighted by Crippen LogP contribution is 2.72. The van der Waals surface area contributed by atoms with Crippen molar-refractivity contribution in [2.45, 2.75) is 29.0 Å². The average molecular weight is 401 g/mol. The number of rotatable bonds is 2. The lowest BCUT2D eigenvalue weighted by Gasteiger charge is -2.61. The fraction of sp³-hybridized carbons (Fsp3) is 0.300. The Kier molecular flexibility index (Phi) is 3.95. The summed E-state index contributed by atoms with van der Waals surface area (Å²) < 4.78 is 75.9. The van der Waals surface area contributed by atoms with Gasteiger partial charge in [0.05, 0.1) is 6.61 Å². The number of halogens is 6. The molecular formula is C20H14ClF5O. The van der Waals surface area contributed by atoms with Crippen LogP contribution in [0.2, 0.25) is 0 Å². The molecule has 1 aliphatic carbocycles. The monoisotopic (exact) mass is 400 g/mol. The number of hydrogen-bond donors (Lipinski definition) is 0. The third-order valence-corrected chi connectivity index (χ3v) is 5.84. The van der Waals surface area contributed by atoms with Gasteiger partial charge < -0.3 is 4.74 Å². The van der Waals surface area contributed by atoms with Crippen molar-refractivity contribution in [3.8, 4) is 0 Å². The largest absolute Gasteiger partial charge is 0.363 e. The Hall–Kier alpha value is -1.92. The summed E-state index contributed by atoms with van der Waals surface area (Å²) in [6, 6.07) is 17.2. The van der Waals surface area contributed by atoms with Crippen LogP contribution in [0.1, 0.15) is 17.5 Å². The third-order valence-electron chi connectivity index (χ3n) is 5.30. The number of benzene rings is 2. The van der Waals surface area contributed by atoms with Crippen LogP contribution in [0.25, 0.3) is 11.1 Å². The van der Waals surface area contributed by atoms with E-state index < -0.39 is 35.6 Å². The molecule has 0 N–H and O–H groups in total. The minimum atomic E-state index is -5.02. The molecule has 2 atom stereocenters. The summed E-state index contributed by atoms with van der Waals surface area (Å²) >= 11 is 5.32. The van der Waals surface area contributed by atoms with E-state index in [1.807, 2.05) is 0 Å². The van der Waals surface area contributed by atoms with Crippen LogP contribution in [0.15, 0.2) is 60.7 Å². The van der Waals surface area contributed by atoms with Crippen LogP contribution in [0.3, 0.4) is 0 Å². The minimum Gasteiger partial charge on any atom is -0.358 e. The molecule has 1 nitrogen and oxygen atoms in total. The molecule has 142 valence electrons. The molecule has 4 rings (SSSR count). The Morgan fingerprint density at radius 3 is 1.67 bits per heavy atom. The molecule has 2 unspecified atom stereocenters. The van der Waals surface area contributed by atoms with E-state index in [0.717, 1.165) is 0 Å². The average Bonchev–Trinajstić information content (AvgIpc) is 2.68. The highest BCUT2D eigenvalue weighted by Gasteiger charge is 2.97. The van der Waals surface area contributed by atoms with Gasteiger partial charge in [0, 0.05) is 6.42 Å². The van der Waals surface area contributed by atoms with Crippen LogP contribution in [0.5, 0.6) is 0 Å². The molecule has 1 fully saturated rings. The maximum absolute atomic E-state index is 14.6. The van der Waals surface area contributed by atoms with Gasteiger partial charge in [-0.3, -0.25) is 0 Å². The third kappa shape index (κ3) is 2.20. The summed E-state index contributed by atoms with van der Waals surface area (Å²) in [7, 11) is 0. The second kappa shape index (κ2) is 5.79. The maximum atomic E-state index is 14.6. The normalized spacial score (nSPS) is 31.6. The van der Waals surface area contributed by atoms with Crippen molar-refractivity contribution in [3.05, 3.63) is 71.8 Å². The molecule has 27 heavy (non-hydrogen) atoms. The molecule has 1 aliphatic heterocycles. The molecule has 0 radical (unpaired) electrons. The van der Waals surface area contributed by atoms with Gasteiger partial charge in [0.15, 0.2) is 5.60 Å². The van der Waals surface area contributed by atoms with Gasteiger partial charge in [-0.05, 0) is 22.3 Å². The van der Waals surface area contributed by atoms with Crippen LogP contribution < -0.4 is 0 Å². The Morgan fingerprint density at radius 2 is 1.19 bits per heavy atom. The first kappa shape index (κ1) is 18.4. The van der Waals surface area contributed by atoms with Crippen LogP contribution >= 0.6 is 11.6 Å². The van der Waals surface area contributed by atoms with Crippen molar-refractivity contribution in [2.75, 3.05) is 6.61 Å². The van der Waals surface area contributed by atoms with Gasteiger partial charge in [-0.25, -0.2) is 4.39 Å². The first-order chi connectivity index (χ1) is 12.7. The van der Waals surface area contributed by atoms with Gasteiger partial charge in [0.1, 0.15) is 0 Å². The molecule has 0 bridgehead atoms. The molecular weight excluding hydrogens is 387 g/mol. The van der Waals surface area contributed by atoms with Gasteiger partial charge in [-0.1, -0.05) is 72.3 Å². The van der Waals surface area contributed by atoms with E-state index >= 15 is 0 Å². The molecule has 2 aliphatic rings. The zero-order chi connectivity index (χ0) is 19.5. The summed E-state index contributed by atoms with van der Waals surface area (Å²) in [5, 5.41) is -4.01. The van der Waals surface area contributed by atoms with Crippen molar-refractivity contribution in [1.29, 1.82) is 0 Å². The second-order valence-electron chi connectivity index (χ2n) is 6.70. The predicted octanol–water partition coefficient (Wildman–Crippen LogP) is 5.95. The molecule has 1 saturated carbocycles. The Balaban J connectivity index is 1.88. The summed E-state index contributed by atoms with van der Waals surface area (Å²) in [6.07, 6.45) is -0.774. The summed E-state index contributed by atoms with van der Waals surface area (Å²) in [5.41, 5.74) is -1.08. The summed E-state index contributed by atoms with van der Waals surface area (Å²) in [4.78, 5) is 0. The van der Waals surface area contributed by atoms with Gasteiger partial charge in [0.25, 0.3) is 5.13 Å². The van der Waals surface area contributed by atoms with Gasteiger partial charge >= 0.3 is 11.8 Å². The fourth-order valence-corrected chi connectivity index (χ4v) is 4.10. The van der Waals surface area contributed by atoms with E-state index in [-0.39, 0.29) is 0 Å².